The van der Waals surface area contributed by atoms with Crippen LogP contribution in [0.3, 0.4) is 0 Å². The van der Waals surface area contributed by atoms with E-state index in [2.05, 4.69) is 25.7 Å². The normalized spacial score (nSPS) is 18.8. The second kappa shape index (κ2) is 9.74. The topological polar surface area (TPSA) is 96.6 Å². The van der Waals surface area contributed by atoms with E-state index in [-0.39, 0.29) is 11.4 Å². The summed E-state index contributed by atoms with van der Waals surface area (Å²) < 4.78 is 35.6. The van der Waals surface area contributed by atoms with Crippen molar-refractivity contribution in [3.8, 4) is 17.1 Å². The Labute approximate surface area is 186 Å². The molecular formula is C22H30F2N6O2. The number of piperidine rings is 1. The minimum absolute atomic E-state index is 0.0195. The second-order valence-electron chi connectivity index (χ2n) is 7.82. The van der Waals surface area contributed by atoms with Crippen LogP contribution >= 0.6 is 0 Å². The molecule has 0 spiro atoms. The number of fused-ring (bicyclic) bond motifs is 1. The van der Waals surface area contributed by atoms with Crippen molar-refractivity contribution in [3.63, 3.8) is 0 Å². The number of nitrogens with one attached hydrogen (secondary N) is 2. The van der Waals surface area contributed by atoms with Crippen LogP contribution < -0.4 is 15.4 Å². The van der Waals surface area contributed by atoms with E-state index in [1.807, 2.05) is 13.8 Å². The summed E-state index contributed by atoms with van der Waals surface area (Å²) in [6.45, 7) is 8.24. The van der Waals surface area contributed by atoms with Gasteiger partial charge in [0.15, 0.2) is 11.5 Å². The Morgan fingerprint density at radius 1 is 1.31 bits per heavy atom. The van der Waals surface area contributed by atoms with Gasteiger partial charge in [-0.05, 0) is 38.9 Å². The number of anilines is 1. The fourth-order valence-corrected chi connectivity index (χ4v) is 3.50. The molecule has 3 N–H and O–H groups in total. The molecule has 3 aromatic rings. The fraction of sp³-hybridized carbons (Fsp3) is 0.500. The maximum atomic E-state index is 14.7. The highest BCUT2D eigenvalue weighted by Gasteiger charge is 2.27. The molecule has 2 unspecified atom stereocenters. The van der Waals surface area contributed by atoms with E-state index in [1.54, 1.807) is 19.9 Å². The number of rotatable bonds is 5. The van der Waals surface area contributed by atoms with Crippen LogP contribution in [0.2, 0.25) is 0 Å². The molecule has 8 nitrogen and oxygen atoms in total. The minimum atomic E-state index is -1.29. The maximum Gasteiger partial charge on any atom is 0.157 e. The first-order chi connectivity index (χ1) is 15.3. The Bertz CT molecular complexity index is 1070. The van der Waals surface area contributed by atoms with Crippen molar-refractivity contribution in [1.82, 2.24) is 24.9 Å². The van der Waals surface area contributed by atoms with E-state index in [0.717, 1.165) is 0 Å². The molecule has 3 aromatic heterocycles. The number of aliphatic hydroxyl groups is 1. The number of ether oxygens (including phenoxy) is 1. The molecule has 32 heavy (non-hydrogen) atoms. The van der Waals surface area contributed by atoms with Gasteiger partial charge < -0.3 is 20.5 Å². The first-order valence-corrected chi connectivity index (χ1v) is 10.7. The molecular weight excluding hydrogens is 418 g/mol. The smallest absolute Gasteiger partial charge is 0.157 e. The molecule has 2 atom stereocenters. The molecule has 10 heteroatoms. The van der Waals surface area contributed by atoms with E-state index in [4.69, 9.17) is 4.74 Å². The van der Waals surface area contributed by atoms with Gasteiger partial charge in [0.1, 0.15) is 40.4 Å². The first-order valence-electron chi connectivity index (χ1n) is 10.7. The first kappa shape index (κ1) is 23.8. The number of hydrogen-bond acceptors (Lipinski definition) is 7. The summed E-state index contributed by atoms with van der Waals surface area (Å²) in [5, 5.41) is 21.0. The van der Waals surface area contributed by atoms with Crippen molar-refractivity contribution in [2.75, 3.05) is 25.5 Å². The lowest BCUT2D eigenvalue weighted by atomic mass is 10.0. The molecule has 0 amide bonds. The van der Waals surface area contributed by atoms with Crippen molar-refractivity contribution < 1.29 is 18.6 Å². The Morgan fingerprint density at radius 3 is 2.72 bits per heavy atom. The molecule has 0 bridgehead atoms. The van der Waals surface area contributed by atoms with E-state index in [1.165, 1.54) is 30.0 Å². The van der Waals surface area contributed by atoms with Crippen molar-refractivity contribution in [2.24, 2.45) is 0 Å². The Kier molecular flexibility index (Phi) is 7.25. The van der Waals surface area contributed by atoms with Crippen molar-refractivity contribution >= 4 is 11.5 Å². The largest absolute Gasteiger partial charge is 0.495 e. The average Bonchev–Trinajstić information content (AvgIpc) is 3.19. The van der Waals surface area contributed by atoms with Crippen LogP contribution in [0.25, 0.3) is 17.0 Å². The summed E-state index contributed by atoms with van der Waals surface area (Å²) in [7, 11) is 1.47. The SMILES string of the molecule is CC.COc1cc2ncc(-c3nc(NC4CNCCC4F)ccc3F)n2nc1C(C)(C)O. The third-order valence-electron chi connectivity index (χ3n) is 5.08. The lowest BCUT2D eigenvalue weighted by Crippen LogP contribution is -2.46. The van der Waals surface area contributed by atoms with Gasteiger partial charge in [-0.15, -0.1) is 0 Å². The van der Waals surface area contributed by atoms with Gasteiger partial charge in [-0.2, -0.15) is 5.10 Å². The lowest BCUT2D eigenvalue weighted by Gasteiger charge is -2.28. The second-order valence-corrected chi connectivity index (χ2v) is 7.82. The van der Waals surface area contributed by atoms with Crippen LogP contribution in [-0.2, 0) is 5.60 Å². The van der Waals surface area contributed by atoms with Crippen molar-refractivity contribution in [1.29, 1.82) is 0 Å². The van der Waals surface area contributed by atoms with Gasteiger partial charge in [0.2, 0.25) is 0 Å². The van der Waals surface area contributed by atoms with Crippen molar-refractivity contribution in [3.05, 3.63) is 35.9 Å². The fourth-order valence-electron chi connectivity index (χ4n) is 3.50. The summed E-state index contributed by atoms with van der Waals surface area (Å²) in [6.07, 6.45) is 0.844. The molecule has 4 heterocycles. The molecule has 0 saturated carbocycles. The zero-order chi connectivity index (χ0) is 23.5. The van der Waals surface area contributed by atoms with Gasteiger partial charge in [0.05, 0.1) is 19.3 Å². The molecule has 4 rings (SSSR count). The van der Waals surface area contributed by atoms with E-state index < -0.39 is 23.6 Å². The van der Waals surface area contributed by atoms with Gasteiger partial charge in [0, 0.05) is 12.6 Å². The quantitative estimate of drug-likeness (QED) is 0.551. The number of alkyl halides is 1. The number of imidazole rings is 1. The maximum absolute atomic E-state index is 14.7. The summed E-state index contributed by atoms with van der Waals surface area (Å²) in [5.41, 5.74) is -0.278. The highest BCUT2D eigenvalue weighted by molar-refractivity contribution is 5.63. The molecule has 0 radical (unpaired) electrons. The highest BCUT2D eigenvalue weighted by Crippen LogP contribution is 2.31. The third-order valence-corrected chi connectivity index (χ3v) is 5.08. The Hall–Kier alpha value is -2.85. The summed E-state index contributed by atoms with van der Waals surface area (Å²) in [5.74, 6) is 0.159. The molecule has 174 valence electrons. The Balaban J connectivity index is 0.00000141. The number of aromatic nitrogens is 4. The van der Waals surface area contributed by atoms with Crippen LogP contribution in [0.15, 0.2) is 24.4 Å². The predicted octanol–water partition coefficient (Wildman–Crippen LogP) is 3.30. The molecule has 1 aliphatic rings. The number of methoxy groups -OCH3 is 1. The predicted molar refractivity (Wildman–Crippen MR) is 119 cm³/mol. The van der Waals surface area contributed by atoms with Gasteiger partial charge in [0.25, 0.3) is 0 Å². The van der Waals surface area contributed by atoms with Crippen molar-refractivity contribution in [2.45, 2.75) is 51.9 Å². The molecule has 1 aliphatic heterocycles. The van der Waals surface area contributed by atoms with E-state index in [9.17, 15) is 13.9 Å². The third kappa shape index (κ3) is 4.81. The van der Waals surface area contributed by atoms with Crippen LogP contribution in [-0.4, -0.2) is 57.1 Å². The summed E-state index contributed by atoms with van der Waals surface area (Å²) in [4.78, 5) is 8.62. The molecule has 1 fully saturated rings. The highest BCUT2D eigenvalue weighted by atomic mass is 19.1. The van der Waals surface area contributed by atoms with E-state index in [0.29, 0.717) is 42.4 Å². The van der Waals surface area contributed by atoms with Crippen LogP contribution in [0.5, 0.6) is 5.75 Å². The monoisotopic (exact) mass is 448 g/mol. The molecule has 0 aliphatic carbocycles. The Morgan fingerprint density at radius 2 is 2.06 bits per heavy atom. The lowest BCUT2D eigenvalue weighted by molar-refractivity contribution is 0.0694. The van der Waals surface area contributed by atoms with Gasteiger partial charge in [-0.25, -0.2) is 23.3 Å². The standard InChI is InChI=1S/C20H24F2N6O2.C2H6/c1-20(2,29)19-15(30-3)8-17-24-10-14(28(17)27-19)18-12(22)4-5-16(26-18)25-13-9-23-7-6-11(13)21;1-2/h4-5,8,10-11,13,23,29H,6-7,9H2,1-3H3,(H,25,26);1-2H3. The summed E-state index contributed by atoms with van der Waals surface area (Å²) in [6, 6.07) is 3.91. The number of nitrogens with zero attached hydrogens (tertiary/aromatic N) is 4. The van der Waals surface area contributed by atoms with Gasteiger partial charge >= 0.3 is 0 Å². The number of pyridine rings is 1. The molecule has 0 aromatic carbocycles. The minimum Gasteiger partial charge on any atom is -0.495 e. The van der Waals surface area contributed by atoms with Crippen LogP contribution in [0.1, 0.15) is 39.8 Å². The average molecular weight is 449 g/mol. The van der Waals surface area contributed by atoms with Crippen LogP contribution in [0.4, 0.5) is 14.6 Å². The number of halogens is 2. The zero-order valence-electron chi connectivity index (χ0n) is 19.0. The van der Waals surface area contributed by atoms with Gasteiger partial charge in [-0.3, -0.25) is 0 Å². The van der Waals surface area contributed by atoms with Gasteiger partial charge in [-0.1, -0.05) is 13.8 Å². The zero-order valence-corrected chi connectivity index (χ0v) is 19.0. The molecule has 1 saturated heterocycles. The van der Waals surface area contributed by atoms with E-state index >= 15 is 0 Å². The number of hydrogen-bond donors (Lipinski definition) is 3. The summed E-state index contributed by atoms with van der Waals surface area (Å²) >= 11 is 0. The van der Waals surface area contributed by atoms with Crippen LogP contribution in [0, 0.1) is 5.82 Å².